The van der Waals surface area contributed by atoms with Crippen LogP contribution in [0, 0.1) is 0 Å². The first kappa shape index (κ1) is 20.4. The summed E-state index contributed by atoms with van der Waals surface area (Å²) in [5.74, 6) is 1.02. The summed E-state index contributed by atoms with van der Waals surface area (Å²) in [6.07, 6.45) is -1.92. The van der Waals surface area contributed by atoms with Gasteiger partial charge in [-0.25, -0.2) is 4.68 Å². The van der Waals surface area contributed by atoms with Gasteiger partial charge >= 0.3 is 6.18 Å². The number of hydrogen-bond donors (Lipinski definition) is 0. The van der Waals surface area contributed by atoms with Crippen LogP contribution in [0.5, 0.6) is 11.5 Å². The van der Waals surface area contributed by atoms with Crippen molar-refractivity contribution in [1.82, 2.24) is 14.7 Å². The van der Waals surface area contributed by atoms with Crippen LogP contribution in [-0.2, 0) is 19.0 Å². The number of aromatic nitrogens is 2. The molecule has 9 heteroatoms. The quantitative estimate of drug-likeness (QED) is 0.609. The van der Waals surface area contributed by atoms with Crippen molar-refractivity contribution in [2.45, 2.75) is 25.1 Å². The molecule has 2 aromatic carbocycles. The number of carbonyl (C=O) groups excluding carboxylic acids is 1. The molecule has 32 heavy (non-hydrogen) atoms. The third kappa shape index (κ3) is 3.11. The number of methoxy groups -OCH3 is 2. The van der Waals surface area contributed by atoms with E-state index in [0.29, 0.717) is 42.1 Å². The van der Waals surface area contributed by atoms with Crippen molar-refractivity contribution in [3.63, 3.8) is 0 Å². The van der Waals surface area contributed by atoms with E-state index in [-0.39, 0.29) is 17.6 Å². The van der Waals surface area contributed by atoms with Crippen LogP contribution in [0.15, 0.2) is 42.6 Å². The summed E-state index contributed by atoms with van der Waals surface area (Å²) >= 11 is 0. The van der Waals surface area contributed by atoms with Crippen LogP contribution in [0.1, 0.15) is 38.8 Å². The van der Waals surface area contributed by atoms with Crippen molar-refractivity contribution < 1.29 is 27.4 Å². The zero-order valence-electron chi connectivity index (χ0n) is 17.4. The van der Waals surface area contributed by atoms with Gasteiger partial charge in [0.2, 0.25) is 0 Å². The van der Waals surface area contributed by atoms with Gasteiger partial charge in [-0.15, -0.1) is 0 Å². The number of benzene rings is 2. The third-order valence-electron chi connectivity index (χ3n) is 6.17. The average Bonchev–Trinajstić information content (AvgIpc) is 3.22. The Kier molecular flexibility index (Phi) is 4.65. The first-order valence-electron chi connectivity index (χ1n) is 10.1. The molecule has 0 N–H and O–H groups in total. The molecule has 1 aromatic heterocycles. The van der Waals surface area contributed by atoms with Crippen molar-refractivity contribution in [3.8, 4) is 17.2 Å². The molecule has 0 radical (unpaired) electrons. The molecule has 3 aromatic rings. The van der Waals surface area contributed by atoms with E-state index in [0.717, 1.165) is 23.3 Å². The molecule has 1 atom stereocenters. The second kappa shape index (κ2) is 7.29. The number of hydrogen-bond acceptors (Lipinski definition) is 4. The van der Waals surface area contributed by atoms with Gasteiger partial charge in [0, 0.05) is 13.0 Å². The van der Waals surface area contributed by atoms with Crippen LogP contribution in [-0.4, -0.2) is 41.4 Å². The molecule has 3 heterocycles. The van der Waals surface area contributed by atoms with E-state index in [1.165, 1.54) is 16.9 Å². The molecule has 0 bridgehead atoms. The fourth-order valence-corrected chi connectivity index (χ4v) is 4.61. The molecule has 0 spiro atoms. The van der Waals surface area contributed by atoms with Crippen LogP contribution >= 0.6 is 0 Å². The molecule has 1 amide bonds. The van der Waals surface area contributed by atoms with Crippen LogP contribution in [0.4, 0.5) is 13.2 Å². The van der Waals surface area contributed by atoms with Crippen LogP contribution < -0.4 is 9.47 Å². The molecule has 2 aliphatic rings. The number of nitrogens with zero attached hydrogens (tertiary/aromatic N) is 3. The fraction of sp³-hybridized carbons (Fsp3) is 0.304. The molecule has 0 saturated carbocycles. The first-order valence-corrected chi connectivity index (χ1v) is 10.1. The highest BCUT2D eigenvalue weighted by Crippen LogP contribution is 2.42. The lowest BCUT2D eigenvalue weighted by Crippen LogP contribution is -2.44. The zero-order valence-corrected chi connectivity index (χ0v) is 17.4. The summed E-state index contributed by atoms with van der Waals surface area (Å²) in [7, 11) is 3.13. The molecule has 166 valence electrons. The summed E-state index contributed by atoms with van der Waals surface area (Å²) in [6, 6.07) is 8.51. The fourth-order valence-electron chi connectivity index (χ4n) is 4.61. The monoisotopic (exact) mass is 443 g/mol. The minimum atomic E-state index is -4.46. The molecule has 5 rings (SSSR count). The van der Waals surface area contributed by atoms with Gasteiger partial charge in [0.25, 0.3) is 5.91 Å². The van der Waals surface area contributed by atoms with Crippen molar-refractivity contribution in [1.29, 1.82) is 0 Å². The zero-order chi connectivity index (χ0) is 22.6. The Morgan fingerprint density at radius 1 is 1.09 bits per heavy atom. The maximum absolute atomic E-state index is 13.2. The Balaban J connectivity index is 1.59. The van der Waals surface area contributed by atoms with E-state index in [1.807, 2.05) is 12.1 Å². The predicted molar refractivity (Wildman–Crippen MR) is 109 cm³/mol. The second-order valence-corrected chi connectivity index (χ2v) is 7.84. The first-order chi connectivity index (χ1) is 15.3. The lowest BCUT2D eigenvalue weighted by atomic mass is 9.85. The molecule has 0 fully saturated rings. The van der Waals surface area contributed by atoms with Crippen molar-refractivity contribution in [2.75, 3.05) is 20.8 Å². The van der Waals surface area contributed by atoms with E-state index in [9.17, 15) is 18.0 Å². The summed E-state index contributed by atoms with van der Waals surface area (Å²) in [6.45, 7) is 0.542. The van der Waals surface area contributed by atoms with Crippen molar-refractivity contribution in [2.24, 2.45) is 0 Å². The number of amides is 1. The Morgan fingerprint density at radius 2 is 1.84 bits per heavy atom. The number of fused-ring (bicyclic) bond motifs is 4. The molecular formula is C23H20F3N3O3. The number of carbonyl (C=O) groups is 1. The summed E-state index contributed by atoms with van der Waals surface area (Å²) in [5.41, 5.74) is 2.53. The number of halogens is 3. The normalized spacial score (nSPS) is 17.5. The molecule has 6 nitrogen and oxygen atoms in total. The summed E-state index contributed by atoms with van der Waals surface area (Å²) in [5, 5.41) is 4.27. The number of rotatable bonds is 3. The molecule has 0 saturated heterocycles. The predicted octanol–water partition coefficient (Wildman–Crippen LogP) is 4.20. The highest BCUT2D eigenvalue weighted by Gasteiger charge is 2.40. The van der Waals surface area contributed by atoms with Gasteiger partial charge in [0.15, 0.2) is 11.5 Å². The number of alkyl halides is 3. The third-order valence-corrected chi connectivity index (χ3v) is 6.17. The van der Waals surface area contributed by atoms with Gasteiger partial charge in [-0.2, -0.15) is 18.3 Å². The van der Waals surface area contributed by atoms with Gasteiger partial charge in [0.05, 0.1) is 49.0 Å². The van der Waals surface area contributed by atoms with E-state index in [1.54, 1.807) is 25.2 Å². The van der Waals surface area contributed by atoms with Gasteiger partial charge in [-0.1, -0.05) is 6.07 Å². The van der Waals surface area contributed by atoms with Gasteiger partial charge in [-0.05, 0) is 47.9 Å². The Morgan fingerprint density at radius 3 is 2.56 bits per heavy atom. The summed E-state index contributed by atoms with van der Waals surface area (Å²) < 4.78 is 51.9. The van der Waals surface area contributed by atoms with E-state index >= 15 is 0 Å². The molecular weight excluding hydrogens is 423 g/mol. The minimum Gasteiger partial charge on any atom is -0.493 e. The molecule has 2 aliphatic heterocycles. The highest BCUT2D eigenvalue weighted by atomic mass is 19.4. The van der Waals surface area contributed by atoms with Crippen molar-refractivity contribution in [3.05, 3.63) is 70.5 Å². The van der Waals surface area contributed by atoms with E-state index in [2.05, 4.69) is 5.10 Å². The second-order valence-electron chi connectivity index (χ2n) is 7.84. The average molecular weight is 443 g/mol. The van der Waals surface area contributed by atoms with Crippen LogP contribution in [0.25, 0.3) is 5.69 Å². The van der Waals surface area contributed by atoms with Crippen molar-refractivity contribution >= 4 is 5.91 Å². The lowest BCUT2D eigenvalue weighted by Gasteiger charge is -2.40. The SMILES string of the molecule is COc1cc2c(cc1OC)C1Cc3c(cnn3-c3cccc(C(F)(F)F)c3)C(=O)N1CC2. The topological polar surface area (TPSA) is 56.6 Å². The molecule has 1 unspecified atom stereocenters. The highest BCUT2D eigenvalue weighted by molar-refractivity contribution is 5.97. The van der Waals surface area contributed by atoms with Gasteiger partial charge < -0.3 is 14.4 Å². The maximum Gasteiger partial charge on any atom is 0.416 e. The largest absolute Gasteiger partial charge is 0.493 e. The maximum atomic E-state index is 13.2. The Labute approximate surface area is 182 Å². The standard InChI is InChI=1S/C23H20F3N3O3/c1-31-20-8-13-6-7-28-18(16(13)10-21(20)32-2)11-19-17(22(28)30)12-27-29(19)15-5-3-4-14(9-15)23(24,25)26/h3-5,8-10,12,18H,6-7,11H2,1-2H3. The molecule has 0 aliphatic carbocycles. The Bertz CT molecular complexity index is 1220. The summed E-state index contributed by atoms with van der Waals surface area (Å²) in [4.78, 5) is 15.0. The van der Waals surface area contributed by atoms with E-state index in [4.69, 9.17) is 9.47 Å². The van der Waals surface area contributed by atoms with Crippen LogP contribution in [0.3, 0.4) is 0 Å². The lowest BCUT2D eigenvalue weighted by molar-refractivity contribution is -0.137. The van der Waals surface area contributed by atoms with E-state index < -0.39 is 11.7 Å². The number of ether oxygens (including phenoxy) is 2. The van der Waals surface area contributed by atoms with Gasteiger partial charge in [0.1, 0.15) is 0 Å². The van der Waals surface area contributed by atoms with Gasteiger partial charge in [-0.3, -0.25) is 4.79 Å². The smallest absolute Gasteiger partial charge is 0.416 e. The minimum absolute atomic E-state index is 0.171. The Hall–Kier alpha value is -3.49. The van der Waals surface area contributed by atoms with Crippen LogP contribution in [0.2, 0.25) is 0 Å².